The molecule has 5 nitrogen and oxygen atoms in total. The largest absolute Gasteiger partial charge is 0.338 e. The van der Waals surface area contributed by atoms with Gasteiger partial charge in [-0.05, 0) is 28.8 Å². The van der Waals surface area contributed by atoms with Crippen LogP contribution in [0.2, 0.25) is 0 Å². The molecular formula is C13H18BrN3O2S2. The number of aromatic nitrogens is 2. The topological polar surface area (TPSA) is 63.2 Å². The molecule has 0 aromatic carbocycles. The van der Waals surface area contributed by atoms with Crippen LogP contribution >= 0.6 is 27.7 Å². The van der Waals surface area contributed by atoms with Gasteiger partial charge in [-0.15, -0.1) is 0 Å². The first kappa shape index (κ1) is 15.6. The van der Waals surface area contributed by atoms with Gasteiger partial charge in [0.15, 0.2) is 9.84 Å². The summed E-state index contributed by atoms with van der Waals surface area (Å²) in [5.41, 5.74) is 0. The van der Waals surface area contributed by atoms with Gasteiger partial charge in [0.1, 0.15) is 21.6 Å². The molecule has 2 heterocycles. The second kappa shape index (κ2) is 6.04. The third kappa shape index (κ3) is 3.37. The van der Waals surface area contributed by atoms with E-state index in [0.717, 1.165) is 34.8 Å². The van der Waals surface area contributed by atoms with Crippen molar-refractivity contribution in [2.45, 2.75) is 31.1 Å². The van der Waals surface area contributed by atoms with Crippen molar-refractivity contribution in [2.24, 2.45) is 0 Å². The van der Waals surface area contributed by atoms with Crippen molar-refractivity contribution in [3.8, 4) is 0 Å². The predicted octanol–water partition coefficient (Wildman–Crippen LogP) is 2.43. The molecule has 1 unspecified atom stereocenters. The van der Waals surface area contributed by atoms with Crippen LogP contribution in [0.15, 0.2) is 10.7 Å². The number of sulfone groups is 1. The highest BCUT2D eigenvalue weighted by molar-refractivity contribution is 9.10. The summed E-state index contributed by atoms with van der Waals surface area (Å²) in [5, 5.41) is -0.477. The Balaban J connectivity index is 1.96. The Morgan fingerprint density at radius 2 is 2.19 bits per heavy atom. The van der Waals surface area contributed by atoms with E-state index < -0.39 is 15.2 Å². The molecule has 1 aromatic rings. The van der Waals surface area contributed by atoms with Crippen molar-refractivity contribution < 1.29 is 8.42 Å². The highest BCUT2D eigenvalue weighted by Gasteiger charge is 2.35. The maximum atomic E-state index is 12.3. The van der Waals surface area contributed by atoms with Crippen LogP contribution in [0.5, 0.6) is 0 Å². The van der Waals surface area contributed by atoms with Gasteiger partial charge in [0.25, 0.3) is 0 Å². The minimum absolute atomic E-state index is 0.163. The molecule has 1 atom stereocenters. The lowest BCUT2D eigenvalue weighted by Crippen LogP contribution is -2.48. The summed E-state index contributed by atoms with van der Waals surface area (Å²) in [4.78, 5) is 11.0. The van der Waals surface area contributed by atoms with Crippen LogP contribution in [0.4, 0.5) is 5.82 Å². The Hall–Kier alpha value is -0.340. The molecule has 116 valence electrons. The van der Waals surface area contributed by atoms with Gasteiger partial charge in [-0.1, -0.05) is 6.92 Å². The van der Waals surface area contributed by atoms with Gasteiger partial charge in [0.05, 0.1) is 0 Å². The zero-order valence-electron chi connectivity index (χ0n) is 11.8. The average molecular weight is 392 g/mol. The van der Waals surface area contributed by atoms with E-state index in [1.54, 1.807) is 18.7 Å². The molecule has 0 radical (unpaired) electrons. The summed E-state index contributed by atoms with van der Waals surface area (Å²) in [7, 11) is -3.12. The van der Waals surface area contributed by atoms with Crippen LogP contribution in [0, 0.1) is 0 Å². The monoisotopic (exact) mass is 391 g/mol. The molecule has 0 amide bonds. The van der Waals surface area contributed by atoms with Crippen LogP contribution in [0.3, 0.4) is 0 Å². The van der Waals surface area contributed by atoms with Gasteiger partial charge in [0.2, 0.25) is 0 Å². The maximum Gasteiger partial charge on any atom is 0.171 e. The average Bonchev–Trinajstić information content (AvgIpc) is 3.31. The number of hydrogen-bond acceptors (Lipinski definition) is 6. The Kier molecular flexibility index (Phi) is 4.47. The highest BCUT2D eigenvalue weighted by Crippen LogP contribution is 2.39. The fraction of sp³-hybridized carbons (Fsp3) is 0.692. The van der Waals surface area contributed by atoms with Crippen LogP contribution in [0.1, 0.15) is 31.5 Å². The van der Waals surface area contributed by atoms with Gasteiger partial charge >= 0.3 is 0 Å². The summed E-state index contributed by atoms with van der Waals surface area (Å²) < 4.78 is 25.4. The van der Waals surface area contributed by atoms with Gasteiger partial charge in [-0.25, -0.2) is 18.4 Å². The number of nitrogens with zero attached hydrogens (tertiary/aromatic N) is 3. The number of thioether (sulfide) groups is 1. The van der Waals surface area contributed by atoms with Gasteiger partial charge in [0, 0.05) is 35.8 Å². The zero-order chi connectivity index (χ0) is 15.0. The molecule has 0 N–H and O–H groups in total. The third-order valence-corrected chi connectivity index (χ3v) is 7.53. The Labute approximate surface area is 138 Å². The normalized spacial score (nSPS) is 23.3. The molecular weight excluding hydrogens is 374 g/mol. The number of halogens is 1. The van der Waals surface area contributed by atoms with Gasteiger partial charge < -0.3 is 4.90 Å². The number of rotatable bonds is 4. The first-order chi connectivity index (χ1) is 10.0. The van der Waals surface area contributed by atoms with E-state index in [0.29, 0.717) is 18.2 Å². The summed E-state index contributed by atoms with van der Waals surface area (Å²) in [6.07, 6.45) is 2.25. The molecule has 1 aromatic heterocycles. The lowest BCUT2D eigenvalue weighted by molar-refractivity contribution is 0.578. The zero-order valence-corrected chi connectivity index (χ0v) is 15.0. The second-order valence-corrected chi connectivity index (χ2v) is 9.77. The minimum Gasteiger partial charge on any atom is -0.338 e. The number of hydrogen-bond donors (Lipinski definition) is 0. The lowest BCUT2D eigenvalue weighted by atomic mass is 10.3. The van der Waals surface area contributed by atoms with E-state index in [1.807, 2.05) is 11.0 Å². The molecule has 0 spiro atoms. The van der Waals surface area contributed by atoms with E-state index in [2.05, 4.69) is 25.9 Å². The molecule has 3 rings (SSSR count). The van der Waals surface area contributed by atoms with Crippen LogP contribution in [0.25, 0.3) is 0 Å². The fourth-order valence-electron chi connectivity index (χ4n) is 2.43. The van der Waals surface area contributed by atoms with Crippen molar-refractivity contribution in [3.63, 3.8) is 0 Å². The van der Waals surface area contributed by atoms with Gasteiger partial charge in [-0.3, -0.25) is 0 Å². The third-order valence-electron chi connectivity index (χ3n) is 3.84. The summed E-state index contributed by atoms with van der Waals surface area (Å²) in [6, 6.07) is 1.83. The lowest BCUT2D eigenvalue weighted by Gasteiger charge is -2.35. The summed E-state index contributed by atoms with van der Waals surface area (Å²) in [6.45, 7) is 2.42. The van der Waals surface area contributed by atoms with Crippen molar-refractivity contribution >= 4 is 43.3 Å². The van der Waals surface area contributed by atoms with Crippen LogP contribution in [-0.4, -0.2) is 47.6 Å². The highest BCUT2D eigenvalue weighted by atomic mass is 79.9. The molecule has 1 aliphatic carbocycles. The smallest absolute Gasteiger partial charge is 0.171 e. The first-order valence-electron chi connectivity index (χ1n) is 7.11. The Bertz CT molecular complexity index is 634. The molecule has 1 aliphatic heterocycles. The first-order valence-corrected chi connectivity index (χ1v) is 10.8. The van der Waals surface area contributed by atoms with Crippen molar-refractivity contribution in [1.82, 2.24) is 9.97 Å². The molecule has 2 fully saturated rings. The molecule has 0 bridgehead atoms. The van der Waals surface area contributed by atoms with Crippen molar-refractivity contribution in [3.05, 3.63) is 16.5 Å². The second-order valence-electron chi connectivity index (χ2n) is 5.36. The van der Waals surface area contributed by atoms with Crippen LogP contribution < -0.4 is 4.90 Å². The minimum atomic E-state index is -3.12. The quantitative estimate of drug-likeness (QED) is 0.734. The van der Waals surface area contributed by atoms with E-state index >= 15 is 0 Å². The molecule has 8 heteroatoms. The van der Waals surface area contributed by atoms with E-state index in [1.165, 1.54) is 0 Å². The molecule has 1 saturated carbocycles. The van der Waals surface area contributed by atoms with Crippen molar-refractivity contribution in [2.75, 3.05) is 28.7 Å². The van der Waals surface area contributed by atoms with Crippen molar-refractivity contribution in [1.29, 1.82) is 0 Å². The standard InChI is InChI=1S/C13H18BrN3O2S2/c1-2-21(18,19)12-8-20-6-5-17(12)11-7-10(14)15-13(16-11)9-3-4-9/h7,9,12H,2-6,8H2,1H3. The maximum absolute atomic E-state index is 12.3. The Morgan fingerprint density at radius 1 is 1.43 bits per heavy atom. The van der Waals surface area contributed by atoms with Gasteiger partial charge in [-0.2, -0.15) is 11.8 Å². The molecule has 21 heavy (non-hydrogen) atoms. The summed E-state index contributed by atoms with van der Waals surface area (Å²) >= 11 is 5.13. The van der Waals surface area contributed by atoms with E-state index in [4.69, 9.17) is 0 Å². The van der Waals surface area contributed by atoms with Crippen LogP contribution in [-0.2, 0) is 9.84 Å². The molecule has 1 saturated heterocycles. The fourth-order valence-corrected chi connectivity index (χ4v) is 5.79. The van der Waals surface area contributed by atoms with E-state index in [9.17, 15) is 8.42 Å². The SMILES string of the molecule is CCS(=O)(=O)C1CSCCN1c1cc(Br)nc(C2CC2)n1. The summed E-state index contributed by atoms with van der Waals surface area (Å²) in [5.74, 6) is 3.72. The van der Waals surface area contributed by atoms with E-state index in [-0.39, 0.29) is 5.75 Å². The number of anilines is 1. The Morgan fingerprint density at radius 3 is 2.86 bits per heavy atom. The predicted molar refractivity (Wildman–Crippen MR) is 89.6 cm³/mol. The molecule has 2 aliphatic rings.